The molecule has 1 saturated heterocycles. The Bertz CT molecular complexity index is 1210. The van der Waals surface area contributed by atoms with Gasteiger partial charge in [-0.1, -0.05) is 17.7 Å². The molecular weight excluding hydrogens is 410 g/mol. The SMILES string of the molecule is CCn1cc(-c2ccnc(Nc3cccc(N4CCNCC4)c3)n2)c2ccnc(Cl)c21. The van der Waals surface area contributed by atoms with Crippen LogP contribution in [-0.2, 0) is 6.54 Å². The van der Waals surface area contributed by atoms with Gasteiger partial charge in [0.1, 0.15) is 0 Å². The maximum atomic E-state index is 6.37. The van der Waals surface area contributed by atoms with Gasteiger partial charge in [0.2, 0.25) is 5.95 Å². The van der Waals surface area contributed by atoms with E-state index in [1.165, 1.54) is 5.69 Å². The third kappa shape index (κ3) is 3.94. The van der Waals surface area contributed by atoms with E-state index in [9.17, 15) is 0 Å². The second kappa shape index (κ2) is 8.53. The van der Waals surface area contributed by atoms with Gasteiger partial charge >= 0.3 is 0 Å². The first kappa shape index (κ1) is 19.8. The second-order valence-corrected chi connectivity index (χ2v) is 7.86. The summed E-state index contributed by atoms with van der Waals surface area (Å²) in [6, 6.07) is 12.3. The lowest BCUT2D eigenvalue weighted by Crippen LogP contribution is -2.43. The average Bonchev–Trinajstić information content (AvgIpc) is 3.20. The quantitative estimate of drug-likeness (QED) is 0.457. The molecule has 2 N–H and O–H groups in total. The normalized spacial score (nSPS) is 14.2. The molecule has 0 bridgehead atoms. The molecule has 31 heavy (non-hydrogen) atoms. The number of rotatable bonds is 5. The number of halogens is 1. The van der Waals surface area contributed by atoms with Gasteiger partial charge in [0.25, 0.3) is 0 Å². The molecule has 0 atom stereocenters. The minimum atomic E-state index is 0.503. The summed E-state index contributed by atoms with van der Waals surface area (Å²) in [6.07, 6.45) is 5.59. The average molecular weight is 434 g/mol. The molecule has 5 rings (SSSR count). The molecule has 1 fully saturated rings. The minimum Gasteiger partial charge on any atom is -0.369 e. The topological polar surface area (TPSA) is 70.9 Å². The zero-order valence-electron chi connectivity index (χ0n) is 17.3. The third-order valence-corrected chi connectivity index (χ3v) is 5.88. The van der Waals surface area contributed by atoms with Crippen LogP contribution < -0.4 is 15.5 Å². The van der Waals surface area contributed by atoms with Crippen molar-refractivity contribution in [3.63, 3.8) is 0 Å². The Kier molecular flexibility index (Phi) is 5.44. The molecule has 0 amide bonds. The fourth-order valence-corrected chi connectivity index (χ4v) is 4.33. The lowest BCUT2D eigenvalue weighted by molar-refractivity contribution is 0.589. The van der Waals surface area contributed by atoms with E-state index in [4.69, 9.17) is 16.6 Å². The van der Waals surface area contributed by atoms with E-state index in [0.29, 0.717) is 11.1 Å². The number of piperazine rings is 1. The molecule has 0 unspecified atom stereocenters. The molecule has 4 heterocycles. The van der Waals surface area contributed by atoms with Crippen molar-refractivity contribution in [2.24, 2.45) is 0 Å². The fraction of sp³-hybridized carbons (Fsp3) is 0.261. The van der Waals surface area contributed by atoms with Gasteiger partial charge < -0.3 is 20.1 Å². The molecule has 1 aliphatic rings. The highest BCUT2D eigenvalue weighted by atomic mass is 35.5. The number of hydrogen-bond acceptors (Lipinski definition) is 6. The van der Waals surface area contributed by atoms with Crippen LogP contribution in [0.25, 0.3) is 22.2 Å². The van der Waals surface area contributed by atoms with Crippen molar-refractivity contribution >= 4 is 39.8 Å². The lowest BCUT2D eigenvalue weighted by atomic mass is 10.1. The molecule has 1 aromatic carbocycles. The zero-order valence-corrected chi connectivity index (χ0v) is 18.1. The summed E-state index contributed by atoms with van der Waals surface area (Å²) in [5.41, 5.74) is 4.96. The van der Waals surface area contributed by atoms with Gasteiger partial charge in [0.15, 0.2) is 5.15 Å². The van der Waals surface area contributed by atoms with Crippen molar-refractivity contribution in [2.75, 3.05) is 36.4 Å². The Hall–Kier alpha value is -3.16. The van der Waals surface area contributed by atoms with E-state index in [0.717, 1.165) is 60.6 Å². The van der Waals surface area contributed by atoms with E-state index < -0.39 is 0 Å². The van der Waals surface area contributed by atoms with Crippen molar-refractivity contribution in [3.05, 3.63) is 60.1 Å². The van der Waals surface area contributed by atoms with Gasteiger partial charge in [0, 0.05) is 73.6 Å². The van der Waals surface area contributed by atoms with Crippen molar-refractivity contribution in [2.45, 2.75) is 13.5 Å². The molecule has 4 aromatic rings. The summed E-state index contributed by atoms with van der Waals surface area (Å²) in [4.78, 5) is 15.8. The summed E-state index contributed by atoms with van der Waals surface area (Å²) in [7, 11) is 0. The van der Waals surface area contributed by atoms with Crippen LogP contribution in [0.15, 0.2) is 55.0 Å². The molecule has 0 radical (unpaired) electrons. The molecule has 0 saturated carbocycles. The second-order valence-electron chi connectivity index (χ2n) is 7.50. The Morgan fingerprint density at radius 2 is 1.94 bits per heavy atom. The summed E-state index contributed by atoms with van der Waals surface area (Å²) in [6.45, 7) is 6.92. The Morgan fingerprint density at radius 1 is 1.10 bits per heavy atom. The molecule has 0 aliphatic carbocycles. The van der Waals surface area contributed by atoms with Gasteiger partial charge in [-0.3, -0.25) is 0 Å². The standard InChI is InChI=1S/C23H24ClN7/c1-2-30-15-19(18-6-8-26-22(24)21(18)30)20-7-9-27-23(29-20)28-16-4-3-5-17(14-16)31-12-10-25-11-13-31/h3-9,14-15,25H,2,10-13H2,1H3,(H,27,28,29). The summed E-state index contributed by atoms with van der Waals surface area (Å²) >= 11 is 6.37. The zero-order chi connectivity index (χ0) is 21.2. The van der Waals surface area contributed by atoms with Gasteiger partial charge in [-0.05, 0) is 37.3 Å². The van der Waals surface area contributed by atoms with Crippen LogP contribution >= 0.6 is 11.6 Å². The number of pyridine rings is 1. The predicted molar refractivity (Wildman–Crippen MR) is 126 cm³/mol. The molecule has 3 aromatic heterocycles. The van der Waals surface area contributed by atoms with Crippen LogP contribution in [0.5, 0.6) is 0 Å². The number of nitrogens with one attached hydrogen (secondary N) is 2. The number of hydrogen-bond donors (Lipinski definition) is 2. The monoisotopic (exact) mass is 433 g/mol. The van der Waals surface area contributed by atoms with Crippen molar-refractivity contribution in [1.82, 2.24) is 24.8 Å². The molecule has 0 spiro atoms. The fourth-order valence-electron chi connectivity index (χ4n) is 4.06. The molecule has 158 valence electrons. The summed E-state index contributed by atoms with van der Waals surface area (Å²) in [5, 5.41) is 8.29. The number of fused-ring (bicyclic) bond motifs is 1. The Balaban J connectivity index is 1.46. The highest BCUT2D eigenvalue weighted by Crippen LogP contribution is 2.33. The van der Waals surface area contributed by atoms with Crippen LogP contribution in [0.2, 0.25) is 5.15 Å². The van der Waals surface area contributed by atoms with Crippen LogP contribution in [0.1, 0.15) is 6.92 Å². The van der Waals surface area contributed by atoms with E-state index in [-0.39, 0.29) is 0 Å². The Labute approximate surface area is 186 Å². The molecule has 7 nitrogen and oxygen atoms in total. The highest BCUT2D eigenvalue weighted by molar-refractivity contribution is 6.34. The number of aromatic nitrogens is 4. The van der Waals surface area contributed by atoms with E-state index in [1.54, 1.807) is 12.4 Å². The summed E-state index contributed by atoms with van der Waals surface area (Å²) < 4.78 is 2.10. The number of benzene rings is 1. The first-order chi connectivity index (χ1) is 15.2. The largest absolute Gasteiger partial charge is 0.369 e. The van der Waals surface area contributed by atoms with Crippen LogP contribution in [-0.4, -0.2) is 45.7 Å². The summed E-state index contributed by atoms with van der Waals surface area (Å²) in [5.74, 6) is 0.563. The molecule has 8 heteroatoms. The number of anilines is 3. The van der Waals surface area contributed by atoms with E-state index in [1.807, 2.05) is 18.2 Å². The van der Waals surface area contributed by atoms with Crippen LogP contribution in [0.4, 0.5) is 17.3 Å². The van der Waals surface area contributed by atoms with E-state index in [2.05, 4.69) is 61.4 Å². The van der Waals surface area contributed by atoms with Gasteiger partial charge in [-0.2, -0.15) is 0 Å². The first-order valence-electron chi connectivity index (χ1n) is 10.5. The van der Waals surface area contributed by atoms with Gasteiger partial charge in [-0.25, -0.2) is 15.0 Å². The smallest absolute Gasteiger partial charge is 0.227 e. The maximum absolute atomic E-state index is 6.37. The first-order valence-corrected chi connectivity index (χ1v) is 10.9. The third-order valence-electron chi connectivity index (χ3n) is 5.60. The molecular formula is C23H24ClN7. The number of aryl methyl sites for hydroxylation is 1. The predicted octanol–water partition coefficient (Wildman–Crippen LogP) is 4.32. The van der Waals surface area contributed by atoms with Crippen molar-refractivity contribution in [3.8, 4) is 11.3 Å². The van der Waals surface area contributed by atoms with Gasteiger partial charge in [-0.15, -0.1) is 0 Å². The lowest BCUT2D eigenvalue weighted by Gasteiger charge is -2.29. The maximum Gasteiger partial charge on any atom is 0.227 e. The molecule has 1 aliphatic heterocycles. The Morgan fingerprint density at radius 3 is 2.77 bits per heavy atom. The van der Waals surface area contributed by atoms with Crippen molar-refractivity contribution < 1.29 is 0 Å². The number of nitrogens with zero attached hydrogens (tertiary/aromatic N) is 5. The van der Waals surface area contributed by atoms with Crippen LogP contribution in [0, 0.1) is 0 Å². The van der Waals surface area contributed by atoms with Crippen molar-refractivity contribution in [1.29, 1.82) is 0 Å². The minimum absolute atomic E-state index is 0.503. The van der Waals surface area contributed by atoms with Gasteiger partial charge in [0.05, 0.1) is 11.2 Å². The van der Waals surface area contributed by atoms with E-state index >= 15 is 0 Å². The van der Waals surface area contributed by atoms with Crippen LogP contribution in [0.3, 0.4) is 0 Å². The highest BCUT2D eigenvalue weighted by Gasteiger charge is 2.15.